The molecule has 0 aliphatic carbocycles. The molecule has 102 valence electrons. The maximum absolute atomic E-state index is 9.61. The van der Waals surface area contributed by atoms with E-state index in [9.17, 15) is 5.11 Å². The van der Waals surface area contributed by atoms with Crippen LogP contribution in [0.2, 0.25) is 5.02 Å². The van der Waals surface area contributed by atoms with E-state index >= 15 is 0 Å². The second kappa shape index (κ2) is 6.08. The van der Waals surface area contributed by atoms with Crippen LogP contribution in [-0.4, -0.2) is 21.3 Å². The third-order valence-electron chi connectivity index (χ3n) is 3.00. The van der Waals surface area contributed by atoms with E-state index in [1.807, 2.05) is 28.8 Å². The number of aliphatic hydroxyl groups excluding tert-OH is 1. The molecule has 0 fully saturated rings. The van der Waals surface area contributed by atoms with E-state index in [0.717, 1.165) is 11.4 Å². The largest absolute Gasteiger partial charge is 0.394 e. The molecule has 5 heteroatoms. The van der Waals surface area contributed by atoms with Gasteiger partial charge in [-0.3, -0.25) is 0 Å². The molecule has 0 spiro atoms. The normalized spacial score (nSPS) is 12.7. The summed E-state index contributed by atoms with van der Waals surface area (Å²) in [6.07, 6.45) is 3.54. The predicted molar refractivity (Wildman–Crippen MR) is 77.5 cm³/mol. The number of anilines is 1. The molecule has 1 aromatic heterocycles. The fourth-order valence-corrected chi connectivity index (χ4v) is 2.19. The quantitative estimate of drug-likeness (QED) is 0.883. The first-order valence-corrected chi connectivity index (χ1v) is 6.65. The number of rotatable bonds is 5. The fourth-order valence-electron chi connectivity index (χ4n) is 2.00. The lowest BCUT2D eigenvalue weighted by Crippen LogP contribution is -2.19. The number of aliphatic hydroxyl groups is 1. The van der Waals surface area contributed by atoms with Crippen LogP contribution in [0.5, 0.6) is 0 Å². The Balaban J connectivity index is 2.26. The molecule has 0 bridgehead atoms. The van der Waals surface area contributed by atoms with Crippen molar-refractivity contribution in [2.45, 2.75) is 25.9 Å². The van der Waals surface area contributed by atoms with Crippen LogP contribution in [0.1, 0.15) is 31.6 Å². The second-order valence-corrected chi connectivity index (χ2v) is 5.09. The van der Waals surface area contributed by atoms with Crippen molar-refractivity contribution in [3.05, 3.63) is 47.5 Å². The van der Waals surface area contributed by atoms with E-state index in [0.29, 0.717) is 11.1 Å². The number of para-hydroxylation sites is 1. The highest BCUT2D eigenvalue weighted by atomic mass is 35.5. The highest BCUT2D eigenvalue weighted by molar-refractivity contribution is 6.33. The number of imidazole rings is 1. The van der Waals surface area contributed by atoms with Crippen molar-refractivity contribution in [2.75, 3.05) is 11.9 Å². The molecular formula is C14H18ClN3O. The molecule has 4 nitrogen and oxygen atoms in total. The molecule has 0 saturated heterocycles. The maximum Gasteiger partial charge on any atom is 0.0951 e. The van der Waals surface area contributed by atoms with Crippen molar-refractivity contribution in [1.82, 2.24) is 9.55 Å². The number of aromatic nitrogens is 2. The summed E-state index contributed by atoms with van der Waals surface area (Å²) in [4.78, 5) is 4.16. The fraction of sp³-hybridized carbons (Fsp3) is 0.357. The lowest BCUT2D eigenvalue weighted by atomic mass is 10.2. The molecule has 0 amide bonds. The summed E-state index contributed by atoms with van der Waals surface area (Å²) in [6, 6.07) is 7.55. The number of nitrogens with one attached hydrogen (secondary N) is 1. The number of hydrogen-bond donors (Lipinski definition) is 2. The topological polar surface area (TPSA) is 50.1 Å². The van der Waals surface area contributed by atoms with Gasteiger partial charge >= 0.3 is 0 Å². The Morgan fingerprint density at radius 2 is 2.11 bits per heavy atom. The van der Waals surface area contributed by atoms with Crippen LogP contribution >= 0.6 is 11.6 Å². The van der Waals surface area contributed by atoms with Gasteiger partial charge in [0.2, 0.25) is 0 Å². The minimum atomic E-state index is -0.232. The van der Waals surface area contributed by atoms with Gasteiger partial charge in [0.05, 0.1) is 41.6 Å². The van der Waals surface area contributed by atoms with E-state index in [-0.39, 0.29) is 12.6 Å². The van der Waals surface area contributed by atoms with Crippen LogP contribution in [0, 0.1) is 0 Å². The number of halogens is 1. The summed E-state index contributed by atoms with van der Waals surface area (Å²) < 4.78 is 2.03. The van der Waals surface area contributed by atoms with Gasteiger partial charge in [-0.2, -0.15) is 0 Å². The SMILES string of the molecule is CC(C)n1cncc1C(CO)Nc1ccccc1Cl. The van der Waals surface area contributed by atoms with Crippen LogP contribution in [0.3, 0.4) is 0 Å². The zero-order valence-electron chi connectivity index (χ0n) is 11.0. The van der Waals surface area contributed by atoms with Gasteiger partial charge in [-0.25, -0.2) is 4.98 Å². The zero-order valence-corrected chi connectivity index (χ0v) is 11.8. The van der Waals surface area contributed by atoms with E-state index in [2.05, 4.69) is 24.1 Å². The van der Waals surface area contributed by atoms with Gasteiger partial charge in [0.1, 0.15) is 0 Å². The van der Waals surface area contributed by atoms with Crippen molar-refractivity contribution in [3.63, 3.8) is 0 Å². The van der Waals surface area contributed by atoms with Gasteiger partial charge in [-0.05, 0) is 26.0 Å². The lowest BCUT2D eigenvalue weighted by molar-refractivity contribution is 0.271. The first-order valence-electron chi connectivity index (χ1n) is 6.27. The average molecular weight is 280 g/mol. The Bertz CT molecular complexity index is 539. The minimum Gasteiger partial charge on any atom is -0.394 e. The Hall–Kier alpha value is -1.52. The molecule has 1 unspecified atom stereocenters. The van der Waals surface area contributed by atoms with Gasteiger partial charge in [-0.15, -0.1) is 0 Å². The molecule has 1 heterocycles. The zero-order chi connectivity index (χ0) is 13.8. The summed E-state index contributed by atoms with van der Waals surface area (Å²) >= 11 is 6.12. The summed E-state index contributed by atoms with van der Waals surface area (Å²) in [7, 11) is 0. The summed E-state index contributed by atoms with van der Waals surface area (Å²) in [5.41, 5.74) is 1.75. The van der Waals surface area contributed by atoms with E-state index < -0.39 is 0 Å². The van der Waals surface area contributed by atoms with Crippen molar-refractivity contribution in [1.29, 1.82) is 0 Å². The molecule has 2 aromatic rings. The smallest absolute Gasteiger partial charge is 0.0951 e. The Morgan fingerprint density at radius 3 is 2.74 bits per heavy atom. The number of hydrogen-bond acceptors (Lipinski definition) is 3. The van der Waals surface area contributed by atoms with Crippen molar-refractivity contribution in [2.24, 2.45) is 0 Å². The lowest BCUT2D eigenvalue weighted by Gasteiger charge is -2.21. The van der Waals surface area contributed by atoms with Gasteiger partial charge in [-0.1, -0.05) is 23.7 Å². The first-order chi connectivity index (χ1) is 9.13. The molecule has 0 saturated carbocycles. The monoisotopic (exact) mass is 279 g/mol. The van der Waals surface area contributed by atoms with Crippen molar-refractivity contribution in [3.8, 4) is 0 Å². The number of nitrogens with zero attached hydrogens (tertiary/aromatic N) is 2. The minimum absolute atomic E-state index is 0.0242. The van der Waals surface area contributed by atoms with Gasteiger partial charge in [0.25, 0.3) is 0 Å². The van der Waals surface area contributed by atoms with Gasteiger partial charge in [0.15, 0.2) is 0 Å². The molecule has 1 atom stereocenters. The van der Waals surface area contributed by atoms with Gasteiger partial charge in [0, 0.05) is 6.04 Å². The van der Waals surface area contributed by atoms with Crippen molar-refractivity contribution >= 4 is 17.3 Å². The number of benzene rings is 1. The van der Waals surface area contributed by atoms with E-state index in [1.165, 1.54) is 0 Å². The molecular weight excluding hydrogens is 262 g/mol. The summed E-state index contributed by atoms with van der Waals surface area (Å²) in [5, 5.41) is 13.5. The van der Waals surface area contributed by atoms with E-state index in [4.69, 9.17) is 11.6 Å². The van der Waals surface area contributed by atoms with Crippen LogP contribution in [0.15, 0.2) is 36.8 Å². The third kappa shape index (κ3) is 3.08. The Morgan fingerprint density at radius 1 is 1.37 bits per heavy atom. The molecule has 0 aliphatic heterocycles. The van der Waals surface area contributed by atoms with Crippen LogP contribution in [0.25, 0.3) is 0 Å². The molecule has 1 aromatic carbocycles. The third-order valence-corrected chi connectivity index (χ3v) is 3.33. The average Bonchev–Trinajstić information content (AvgIpc) is 2.87. The maximum atomic E-state index is 9.61. The molecule has 2 rings (SSSR count). The Kier molecular flexibility index (Phi) is 4.45. The molecule has 2 N–H and O–H groups in total. The van der Waals surface area contributed by atoms with Crippen molar-refractivity contribution < 1.29 is 5.11 Å². The van der Waals surface area contributed by atoms with E-state index in [1.54, 1.807) is 12.5 Å². The van der Waals surface area contributed by atoms with Crippen LogP contribution in [0.4, 0.5) is 5.69 Å². The van der Waals surface area contributed by atoms with Gasteiger partial charge < -0.3 is 15.0 Å². The van der Waals surface area contributed by atoms with Crippen LogP contribution in [-0.2, 0) is 0 Å². The molecule has 0 radical (unpaired) electrons. The summed E-state index contributed by atoms with van der Waals surface area (Å²) in [6.45, 7) is 4.13. The Labute approximate surface area is 118 Å². The predicted octanol–water partition coefficient (Wildman–Crippen LogP) is 3.26. The summed E-state index contributed by atoms with van der Waals surface area (Å²) in [5.74, 6) is 0. The van der Waals surface area contributed by atoms with Crippen LogP contribution < -0.4 is 5.32 Å². The molecule has 19 heavy (non-hydrogen) atoms. The second-order valence-electron chi connectivity index (χ2n) is 4.68. The highest BCUT2D eigenvalue weighted by Gasteiger charge is 2.17. The first kappa shape index (κ1) is 13.9. The molecule has 0 aliphatic rings. The highest BCUT2D eigenvalue weighted by Crippen LogP contribution is 2.26. The standard InChI is InChI=1S/C14H18ClN3O/c1-10(2)18-9-16-7-14(18)13(8-19)17-12-6-4-3-5-11(12)15/h3-7,9-10,13,17,19H,8H2,1-2H3.